The van der Waals surface area contributed by atoms with Gasteiger partial charge in [0.05, 0.1) is 0 Å². The highest BCUT2D eigenvalue weighted by Gasteiger charge is 2.42. The molecule has 3 heteroatoms. The second-order valence-electron chi connectivity index (χ2n) is 6.07. The average molecular weight is 210 g/mol. The Kier molecular flexibility index (Phi) is 2.53. The van der Waals surface area contributed by atoms with Gasteiger partial charge in [0.1, 0.15) is 0 Å². The quantitative estimate of drug-likeness (QED) is 0.600. The van der Waals surface area contributed by atoms with E-state index >= 15 is 0 Å². The van der Waals surface area contributed by atoms with Crippen molar-refractivity contribution >= 4 is 5.91 Å². The van der Waals surface area contributed by atoms with E-state index < -0.39 is 0 Å². The van der Waals surface area contributed by atoms with Gasteiger partial charge >= 0.3 is 0 Å². The maximum absolute atomic E-state index is 11.6. The van der Waals surface area contributed by atoms with Gasteiger partial charge in [0.2, 0.25) is 5.91 Å². The molecule has 0 saturated carbocycles. The number of piperidine rings is 1. The second kappa shape index (κ2) is 3.48. The van der Waals surface area contributed by atoms with Gasteiger partial charge in [0.25, 0.3) is 0 Å². The first kappa shape index (κ1) is 10.9. The molecular weight excluding hydrogens is 188 g/mol. The molecule has 86 valence electrons. The Bertz CT molecular complexity index is 269. The zero-order valence-electron chi connectivity index (χ0n) is 10.3. The minimum atomic E-state index is 0.249. The zero-order chi connectivity index (χ0) is 11.2. The number of amides is 1. The molecular formula is C12H22N2O. The van der Waals surface area contributed by atoms with Crippen LogP contribution in [-0.2, 0) is 4.79 Å². The highest BCUT2D eigenvalue weighted by Crippen LogP contribution is 2.34. The van der Waals surface area contributed by atoms with Gasteiger partial charge in [-0.15, -0.1) is 0 Å². The first-order valence-corrected chi connectivity index (χ1v) is 5.87. The third-order valence-electron chi connectivity index (χ3n) is 3.90. The van der Waals surface area contributed by atoms with Crippen molar-refractivity contribution in [3.05, 3.63) is 0 Å². The number of carbonyl (C=O) groups excluding carboxylic acids is 1. The van der Waals surface area contributed by atoms with Crippen LogP contribution >= 0.6 is 0 Å². The van der Waals surface area contributed by atoms with Crippen molar-refractivity contribution in [3.63, 3.8) is 0 Å². The molecule has 0 aliphatic carbocycles. The molecule has 2 unspecified atom stereocenters. The van der Waals surface area contributed by atoms with Gasteiger partial charge in [-0.05, 0) is 32.6 Å². The predicted molar refractivity (Wildman–Crippen MR) is 60.6 cm³/mol. The number of fused-ring (bicyclic) bond motifs is 1. The summed E-state index contributed by atoms with van der Waals surface area (Å²) in [5.74, 6) is 1.63. The number of likely N-dealkylation sites (tertiary alicyclic amines) is 2. The molecule has 2 atom stereocenters. The van der Waals surface area contributed by atoms with E-state index in [9.17, 15) is 4.79 Å². The predicted octanol–water partition coefficient (Wildman–Crippen LogP) is 1.19. The van der Waals surface area contributed by atoms with Crippen molar-refractivity contribution < 1.29 is 4.79 Å². The summed E-state index contributed by atoms with van der Waals surface area (Å²) in [6.45, 7) is 10.00. The lowest BCUT2D eigenvalue weighted by Crippen LogP contribution is -2.41. The van der Waals surface area contributed by atoms with Crippen molar-refractivity contribution in [2.75, 3.05) is 26.7 Å². The molecule has 2 saturated heterocycles. The van der Waals surface area contributed by atoms with E-state index in [4.69, 9.17) is 0 Å². The molecule has 2 aliphatic rings. The van der Waals surface area contributed by atoms with E-state index in [2.05, 4.69) is 25.7 Å². The van der Waals surface area contributed by atoms with Crippen LogP contribution in [0.5, 0.6) is 0 Å². The molecule has 1 amide bonds. The van der Waals surface area contributed by atoms with Gasteiger partial charge in [0, 0.05) is 38.6 Å². The van der Waals surface area contributed by atoms with E-state index in [1.807, 2.05) is 11.9 Å². The fraction of sp³-hybridized carbons (Fsp3) is 0.917. The third kappa shape index (κ3) is 2.03. The van der Waals surface area contributed by atoms with Crippen LogP contribution in [0.25, 0.3) is 0 Å². The van der Waals surface area contributed by atoms with E-state index in [-0.39, 0.29) is 5.54 Å². The van der Waals surface area contributed by atoms with Crippen LogP contribution in [0.3, 0.4) is 0 Å². The van der Waals surface area contributed by atoms with Crippen molar-refractivity contribution in [2.24, 2.45) is 11.8 Å². The molecule has 2 fully saturated rings. The standard InChI is InChI=1S/C12H22N2O/c1-12(2,3)14-7-9-5-11(15)13(4)6-10(9)8-14/h9-10H,5-8H2,1-4H3. The van der Waals surface area contributed by atoms with E-state index in [0.29, 0.717) is 17.7 Å². The maximum atomic E-state index is 11.6. The first-order chi connectivity index (χ1) is 6.88. The lowest BCUT2D eigenvalue weighted by molar-refractivity contribution is -0.134. The molecule has 0 N–H and O–H groups in total. The average Bonchev–Trinajstić information content (AvgIpc) is 2.47. The summed E-state index contributed by atoms with van der Waals surface area (Å²) >= 11 is 0. The number of hydrogen-bond donors (Lipinski definition) is 0. The van der Waals surface area contributed by atoms with Gasteiger partial charge in [-0.25, -0.2) is 0 Å². The number of hydrogen-bond acceptors (Lipinski definition) is 2. The summed E-state index contributed by atoms with van der Waals surface area (Å²) in [6.07, 6.45) is 0.758. The van der Waals surface area contributed by atoms with Crippen LogP contribution in [-0.4, -0.2) is 47.9 Å². The van der Waals surface area contributed by atoms with Gasteiger partial charge in [-0.2, -0.15) is 0 Å². The zero-order valence-corrected chi connectivity index (χ0v) is 10.3. The molecule has 0 aromatic carbocycles. The summed E-state index contributed by atoms with van der Waals surface area (Å²) < 4.78 is 0. The van der Waals surface area contributed by atoms with Crippen molar-refractivity contribution in [3.8, 4) is 0 Å². The maximum Gasteiger partial charge on any atom is 0.222 e. The molecule has 3 nitrogen and oxygen atoms in total. The monoisotopic (exact) mass is 210 g/mol. The van der Waals surface area contributed by atoms with Gasteiger partial charge in [0.15, 0.2) is 0 Å². The highest BCUT2D eigenvalue weighted by molar-refractivity contribution is 5.77. The van der Waals surface area contributed by atoms with E-state index in [1.165, 1.54) is 0 Å². The summed E-state index contributed by atoms with van der Waals surface area (Å²) in [4.78, 5) is 16.0. The highest BCUT2D eigenvalue weighted by atomic mass is 16.2. The van der Waals surface area contributed by atoms with Crippen LogP contribution in [0.2, 0.25) is 0 Å². The molecule has 2 rings (SSSR count). The lowest BCUT2D eigenvalue weighted by atomic mass is 9.88. The first-order valence-electron chi connectivity index (χ1n) is 5.87. The Morgan fingerprint density at radius 3 is 2.33 bits per heavy atom. The largest absolute Gasteiger partial charge is 0.345 e. The molecule has 15 heavy (non-hydrogen) atoms. The Morgan fingerprint density at radius 1 is 1.13 bits per heavy atom. The fourth-order valence-corrected chi connectivity index (χ4v) is 2.76. The van der Waals surface area contributed by atoms with Gasteiger partial charge < -0.3 is 4.90 Å². The molecule has 0 aromatic rings. The Labute approximate surface area is 92.4 Å². The summed E-state index contributed by atoms with van der Waals surface area (Å²) in [5, 5.41) is 0. The normalized spacial score (nSPS) is 33.3. The lowest BCUT2D eigenvalue weighted by Gasteiger charge is -2.32. The number of carbonyl (C=O) groups is 1. The smallest absolute Gasteiger partial charge is 0.222 e. The molecule has 0 radical (unpaired) electrons. The van der Waals surface area contributed by atoms with Crippen LogP contribution in [0.15, 0.2) is 0 Å². The topological polar surface area (TPSA) is 23.6 Å². The molecule has 2 aliphatic heterocycles. The van der Waals surface area contributed by atoms with Crippen molar-refractivity contribution in [2.45, 2.75) is 32.7 Å². The Hall–Kier alpha value is -0.570. The molecule has 2 heterocycles. The Balaban J connectivity index is 2.05. The van der Waals surface area contributed by atoms with E-state index in [1.54, 1.807) is 0 Å². The van der Waals surface area contributed by atoms with E-state index in [0.717, 1.165) is 26.1 Å². The van der Waals surface area contributed by atoms with Crippen LogP contribution in [0.4, 0.5) is 0 Å². The Morgan fingerprint density at radius 2 is 1.73 bits per heavy atom. The number of rotatable bonds is 0. The summed E-state index contributed by atoms with van der Waals surface area (Å²) in [6, 6.07) is 0. The van der Waals surface area contributed by atoms with Crippen molar-refractivity contribution in [1.29, 1.82) is 0 Å². The molecule has 0 aromatic heterocycles. The number of nitrogens with zero attached hydrogens (tertiary/aromatic N) is 2. The molecule has 0 bridgehead atoms. The third-order valence-corrected chi connectivity index (χ3v) is 3.90. The minimum absolute atomic E-state index is 0.249. The minimum Gasteiger partial charge on any atom is -0.345 e. The fourth-order valence-electron chi connectivity index (χ4n) is 2.76. The van der Waals surface area contributed by atoms with Gasteiger partial charge in [-0.1, -0.05) is 0 Å². The SMILES string of the molecule is CN1CC2CN(C(C)(C)C)CC2CC1=O. The van der Waals surface area contributed by atoms with Crippen LogP contribution in [0, 0.1) is 11.8 Å². The van der Waals surface area contributed by atoms with Crippen molar-refractivity contribution in [1.82, 2.24) is 9.80 Å². The summed E-state index contributed by atoms with van der Waals surface area (Å²) in [5.41, 5.74) is 0.249. The van der Waals surface area contributed by atoms with Crippen LogP contribution in [0.1, 0.15) is 27.2 Å². The summed E-state index contributed by atoms with van der Waals surface area (Å²) in [7, 11) is 1.93. The van der Waals surface area contributed by atoms with Gasteiger partial charge in [-0.3, -0.25) is 9.69 Å². The molecule has 0 spiro atoms. The second-order valence-corrected chi connectivity index (χ2v) is 6.07. The van der Waals surface area contributed by atoms with Crippen LogP contribution < -0.4 is 0 Å².